The van der Waals surface area contributed by atoms with E-state index >= 15 is 0 Å². The molecule has 0 aliphatic heterocycles. The van der Waals surface area contributed by atoms with Crippen LogP contribution in [0.3, 0.4) is 0 Å². The molecule has 110 valence electrons. The first-order valence-corrected chi connectivity index (χ1v) is 6.35. The maximum Gasteiger partial charge on any atom is 0.308 e. The summed E-state index contributed by atoms with van der Waals surface area (Å²) in [5.41, 5.74) is 0. The van der Waals surface area contributed by atoms with E-state index in [9.17, 15) is 14.4 Å². The quantitative estimate of drug-likeness (QED) is 0.648. The summed E-state index contributed by atoms with van der Waals surface area (Å²) in [6, 6.07) is 3.12. The molecule has 3 N–H and O–H groups in total. The highest BCUT2D eigenvalue weighted by atomic mass is 16.4. The maximum absolute atomic E-state index is 11.5. The van der Waals surface area contributed by atoms with Crippen molar-refractivity contribution >= 4 is 17.8 Å². The van der Waals surface area contributed by atoms with Gasteiger partial charge in [0.2, 0.25) is 5.91 Å². The van der Waals surface area contributed by atoms with Crippen LogP contribution >= 0.6 is 0 Å². The Labute approximate surface area is 116 Å². The number of carbonyl (C=O) groups excluding carboxylic acids is 2. The molecule has 2 amide bonds. The van der Waals surface area contributed by atoms with Gasteiger partial charge in [-0.3, -0.25) is 14.4 Å². The first kappa shape index (κ1) is 15.7. The lowest BCUT2D eigenvalue weighted by Crippen LogP contribution is -2.35. The molecular formula is C13H18N2O5. The van der Waals surface area contributed by atoms with Gasteiger partial charge in [-0.2, -0.15) is 0 Å². The van der Waals surface area contributed by atoms with Crippen LogP contribution < -0.4 is 10.6 Å². The van der Waals surface area contributed by atoms with Gasteiger partial charge in [0.25, 0.3) is 5.91 Å². The monoisotopic (exact) mass is 282 g/mol. The Balaban J connectivity index is 2.20. The van der Waals surface area contributed by atoms with Gasteiger partial charge < -0.3 is 20.2 Å². The molecule has 1 rings (SSSR count). The zero-order valence-electron chi connectivity index (χ0n) is 11.2. The van der Waals surface area contributed by atoms with Crippen molar-refractivity contribution in [2.75, 3.05) is 13.1 Å². The Morgan fingerprint density at radius 1 is 1.35 bits per heavy atom. The summed E-state index contributed by atoms with van der Waals surface area (Å²) in [4.78, 5) is 33.7. The van der Waals surface area contributed by atoms with Gasteiger partial charge in [0.05, 0.1) is 12.2 Å². The van der Waals surface area contributed by atoms with Crippen molar-refractivity contribution in [2.24, 2.45) is 5.92 Å². The Hall–Kier alpha value is -2.31. The minimum absolute atomic E-state index is 0.0858. The summed E-state index contributed by atoms with van der Waals surface area (Å²) in [5.74, 6) is -2.03. The standard InChI is InChI=1S/C13H18N2O5/c1-2-9(13(18)19)8-15-11(16)5-6-14-12(17)10-4-3-7-20-10/h3-4,7,9H,2,5-6,8H2,1H3,(H,14,17)(H,15,16)(H,18,19). The molecule has 1 unspecified atom stereocenters. The predicted molar refractivity (Wildman–Crippen MR) is 70.1 cm³/mol. The van der Waals surface area contributed by atoms with Crippen LogP contribution in [0.25, 0.3) is 0 Å². The van der Waals surface area contributed by atoms with E-state index in [0.29, 0.717) is 6.42 Å². The van der Waals surface area contributed by atoms with Gasteiger partial charge in [0.1, 0.15) is 0 Å². The van der Waals surface area contributed by atoms with Gasteiger partial charge >= 0.3 is 5.97 Å². The number of carbonyl (C=O) groups is 3. The summed E-state index contributed by atoms with van der Waals surface area (Å²) in [6.45, 7) is 2.00. The lowest BCUT2D eigenvalue weighted by Gasteiger charge is -2.11. The second-order valence-corrected chi connectivity index (χ2v) is 4.23. The lowest BCUT2D eigenvalue weighted by atomic mass is 10.1. The number of rotatable bonds is 8. The molecule has 1 aromatic rings. The number of nitrogens with one attached hydrogen (secondary N) is 2. The number of hydrogen-bond donors (Lipinski definition) is 3. The van der Waals surface area contributed by atoms with Crippen LogP contribution in [0.4, 0.5) is 0 Å². The number of carboxylic acid groups (broad SMARTS) is 1. The van der Waals surface area contributed by atoms with Gasteiger partial charge in [-0.15, -0.1) is 0 Å². The van der Waals surface area contributed by atoms with Gasteiger partial charge in [0.15, 0.2) is 5.76 Å². The molecule has 7 heteroatoms. The Bertz CT molecular complexity index is 455. The Morgan fingerprint density at radius 2 is 2.10 bits per heavy atom. The van der Waals surface area contributed by atoms with Crippen LogP contribution in [0.1, 0.15) is 30.3 Å². The van der Waals surface area contributed by atoms with Crippen molar-refractivity contribution in [3.63, 3.8) is 0 Å². The molecule has 0 fully saturated rings. The first-order chi connectivity index (χ1) is 9.54. The smallest absolute Gasteiger partial charge is 0.308 e. The fourth-order valence-electron chi connectivity index (χ4n) is 1.52. The van der Waals surface area contributed by atoms with Crippen LogP contribution in [0.5, 0.6) is 0 Å². The molecule has 0 radical (unpaired) electrons. The summed E-state index contributed by atoms with van der Waals surface area (Å²) in [7, 11) is 0. The second-order valence-electron chi connectivity index (χ2n) is 4.23. The average Bonchev–Trinajstić information content (AvgIpc) is 2.92. The molecule has 0 bridgehead atoms. The summed E-state index contributed by atoms with van der Waals surface area (Å²) in [6.07, 6.45) is 1.92. The van der Waals surface area contributed by atoms with E-state index < -0.39 is 11.9 Å². The van der Waals surface area contributed by atoms with Crippen molar-refractivity contribution in [1.82, 2.24) is 10.6 Å². The van der Waals surface area contributed by atoms with Crippen LogP contribution in [0, 0.1) is 5.92 Å². The van der Waals surface area contributed by atoms with Gasteiger partial charge in [-0.25, -0.2) is 0 Å². The largest absolute Gasteiger partial charge is 0.481 e. The molecule has 0 saturated carbocycles. The zero-order valence-corrected chi connectivity index (χ0v) is 11.2. The Morgan fingerprint density at radius 3 is 2.65 bits per heavy atom. The van der Waals surface area contributed by atoms with Crippen molar-refractivity contribution in [2.45, 2.75) is 19.8 Å². The maximum atomic E-state index is 11.5. The van der Waals surface area contributed by atoms with Crippen LogP contribution in [0.2, 0.25) is 0 Å². The van der Waals surface area contributed by atoms with Crippen LogP contribution in [-0.2, 0) is 9.59 Å². The normalized spacial score (nSPS) is 11.7. The third-order valence-corrected chi connectivity index (χ3v) is 2.77. The molecule has 0 aromatic carbocycles. The van der Waals surface area contributed by atoms with E-state index in [2.05, 4.69) is 10.6 Å². The number of aliphatic carboxylic acids is 1. The van der Waals surface area contributed by atoms with E-state index in [-0.39, 0.29) is 37.1 Å². The highest BCUT2D eigenvalue weighted by molar-refractivity contribution is 5.91. The summed E-state index contributed by atoms with van der Waals surface area (Å²) >= 11 is 0. The van der Waals surface area contributed by atoms with E-state index in [4.69, 9.17) is 9.52 Å². The van der Waals surface area contributed by atoms with E-state index in [1.165, 1.54) is 12.3 Å². The molecule has 7 nitrogen and oxygen atoms in total. The first-order valence-electron chi connectivity index (χ1n) is 6.35. The molecule has 0 aliphatic carbocycles. The summed E-state index contributed by atoms with van der Waals surface area (Å²) in [5, 5.41) is 13.9. The highest BCUT2D eigenvalue weighted by Gasteiger charge is 2.16. The predicted octanol–water partition coefficient (Wildman–Crippen LogP) is 0.626. The number of amides is 2. The number of carboxylic acids is 1. The summed E-state index contributed by atoms with van der Waals surface area (Å²) < 4.78 is 4.89. The highest BCUT2D eigenvalue weighted by Crippen LogP contribution is 2.01. The Kier molecular flexibility index (Phi) is 6.28. The minimum atomic E-state index is -0.932. The topological polar surface area (TPSA) is 109 Å². The van der Waals surface area contributed by atoms with E-state index in [0.717, 1.165) is 0 Å². The van der Waals surface area contributed by atoms with E-state index in [1.807, 2.05) is 0 Å². The SMILES string of the molecule is CCC(CNC(=O)CCNC(=O)c1ccco1)C(=O)O. The third kappa shape index (κ3) is 5.13. The van der Waals surface area contributed by atoms with Crippen molar-refractivity contribution in [3.05, 3.63) is 24.2 Å². The van der Waals surface area contributed by atoms with Crippen molar-refractivity contribution in [3.8, 4) is 0 Å². The molecule has 0 saturated heterocycles. The molecule has 0 aliphatic rings. The molecular weight excluding hydrogens is 264 g/mol. The number of furan rings is 1. The van der Waals surface area contributed by atoms with Crippen LogP contribution in [-0.4, -0.2) is 36.0 Å². The minimum Gasteiger partial charge on any atom is -0.481 e. The van der Waals surface area contributed by atoms with Crippen molar-refractivity contribution < 1.29 is 23.9 Å². The molecule has 20 heavy (non-hydrogen) atoms. The van der Waals surface area contributed by atoms with Crippen LogP contribution in [0.15, 0.2) is 22.8 Å². The molecule has 1 aromatic heterocycles. The van der Waals surface area contributed by atoms with Gasteiger partial charge in [0, 0.05) is 19.5 Å². The average molecular weight is 282 g/mol. The fourth-order valence-corrected chi connectivity index (χ4v) is 1.52. The lowest BCUT2D eigenvalue weighted by molar-refractivity contribution is -0.141. The molecule has 0 spiro atoms. The van der Waals surface area contributed by atoms with Crippen molar-refractivity contribution in [1.29, 1.82) is 0 Å². The van der Waals surface area contributed by atoms with Gasteiger partial charge in [-0.05, 0) is 18.6 Å². The van der Waals surface area contributed by atoms with E-state index in [1.54, 1.807) is 13.0 Å². The number of hydrogen-bond acceptors (Lipinski definition) is 4. The second kappa shape index (κ2) is 7.98. The molecule has 1 atom stereocenters. The molecule has 1 heterocycles. The zero-order chi connectivity index (χ0) is 15.0. The fraction of sp³-hybridized carbons (Fsp3) is 0.462. The third-order valence-electron chi connectivity index (χ3n) is 2.77. The van der Waals surface area contributed by atoms with Gasteiger partial charge in [-0.1, -0.05) is 6.92 Å².